The number of nitrogens with zero attached hydrogens (tertiary/aromatic N) is 3. The number of aryl methyl sites for hydroxylation is 1. The van der Waals surface area contributed by atoms with Gasteiger partial charge < -0.3 is 9.88 Å². The van der Waals surface area contributed by atoms with E-state index in [9.17, 15) is 14.9 Å². The summed E-state index contributed by atoms with van der Waals surface area (Å²) in [6.07, 6.45) is 3.10. The van der Waals surface area contributed by atoms with Gasteiger partial charge >= 0.3 is 0 Å². The number of rotatable bonds is 3. The number of nitrogens with one attached hydrogen (secondary N) is 1. The summed E-state index contributed by atoms with van der Waals surface area (Å²) in [6.45, 7) is 0. The maximum Gasteiger partial charge on any atom is 0.292 e. The lowest BCUT2D eigenvalue weighted by Gasteiger charge is -2.05. The summed E-state index contributed by atoms with van der Waals surface area (Å²) < 4.78 is 1.53. The number of imidazole rings is 1. The van der Waals surface area contributed by atoms with Crippen LogP contribution in [0.15, 0.2) is 36.7 Å². The summed E-state index contributed by atoms with van der Waals surface area (Å²) in [7, 11) is 1.67. The van der Waals surface area contributed by atoms with Gasteiger partial charge in [0, 0.05) is 25.5 Å². The Hall–Kier alpha value is -2.70. The van der Waals surface area contributed by atoms with Gasteiger partial charge in [0.1, 0.15) is 5.69 Å². The number of hydrogen-bond acceptors (Lipinski definition) is 4. The summed E-state index contributed by atoms with van der Waals surface area (Å²) in [4.78, 5) is 26.0. The monoisotopic (exact) mass is 246 g/mol. The fourth-order valence-corrected chi connectivity index (χ4v) is 1.50. The molecule has 0 radical (unpaired) electrons. The molecule has 1 aromatic heterocycles. The third-order valence-electron chi connectivity index (χ3n) is 2.37. The van der Waals surface area contributed by atoms with Crippen molar-refractivity contribution in [3.63, 3.8) is 0 Å². The number of carbonyl (C=O) groups is 1. The molecule has 0 atom stereocenters. The van der Waals surface area contributed by atoms with Gasteiger partial charge in [0.05, 0.1) is 4.92 Å². The molecule has 1 amide bonds. The molecular weight excluding hydrogens is 236 g/mol. The number of nitro benzene ring substituents is 1. The number of anilines is 1. The molecule has 0 aliphatic heterocycles. The van der Waals surface area contributed by atoms with Crippen LogP contribution in [-0.4, -0.2) is 20.4 Å². The highest BCUT2D eigenvalue weighted by Crippen LogP contribution is 2.23. The number of carbonyl (C=O) groups excluding carboxylic acids is 1. The van der Waals surface area contributed by atoms with Gasteiger partial charge in [-0.25, -0.2) is 4.98 Å². The number of aromatic nitrogens is 2. The van der Waals surface area contributed by atoms with Crippen LogP contribution in [0.25, 0.3) is 0 Å². The minimum absolute atomic E-state index is 0.149. The average molecular weight is 246 g/mol. The van der Waals surface area contributed by atoms with E-state index in [4.69, 9.17) is 0 Å². The van der Waals surface area contributed by atoms with Crippen molar-refractivity contribution in [1.29, 1.82) is 0 Å². The van der Waals surface area contributed by atoms with Crippen molar-refractivity contribution in [2.45, 2.75) is 0 Å². The molecule has 0 saturated carbocycles. The number of nitro groups is 1. The molecule has 2 rings (SSSR count). The van der Waals surface area contributed by atoms with Gasteiger partial charge in [-0.15, -0.1) is 0 Å². The van der Waals surface area contributed by atoms with E-state index in [0.29, 0.717) is 0 Å². The minimum atomic E-state index is -0.548. The number of hydrogen-bond donors (Lipinski definition) is 1. The van der Waals surface area contributed by atoms with Crippen molar-refractivity contribution < 1.29 is 9.72 Å². The highest BCUT2D eigenvalue weighted by atomic mass is 16.6. The Balaban J connectivity index is 2.28. The minimum Gasteiger partial charge on any atom is -0.330 e. The first-order chi connectivity index (χ1) is 8.59. The molecule has 2 aromatic rings. The molecule has 0 saturated heterocycles. The molecule has 18 heavy (non-hydrogen) atoms. The lowest BCUT2D eigenvalue weighted by molar-refractivity contribution is -0.383. The molecule has 0 fully saturated rings. The van der Waals surface area contributed by atoms with Gasteiger partial charge in [0.2, 0.25) is 0 Å². The molecule has 0 unspecified atom stereocenters. The number of benzene rings is 1. The Morgan fingerprint density at radius 2 is 2.17 bits per heavy atom. The SMILES string of the molecule is Cn1ccnc1C(=O)Nc1ccccc1[N+](=O)[O-]. The zero-order valence-electron chi connectivity index (χ0n) is 9.53. The Labute approximate surface area is 102 Å². The first-order valence-electron chi connectivity index (χ1n) is 5.11. The first kappa shape index (κ1) is 11.8. The second-order valence-corrected chi connectivity index (χ2v) is 3.59. The fourth-order valence-electron chi connectivity index (χ4n) is 1.50. The largest absolute Gasteiger partial charge is 0.330 e. The lowest BCUT2D eigenvalue weighted by Crippen LogP contribution is -2.17. The van der Waals surface area contributed by atoms with Gasteiger partial charge in [-0.2, -0.15) is 0 Å². The van der Waals surface area contributed by atoms with Gasteiger partial charge in [-0.3, -0.25) is 14.9 Å². The maximum atomic E-state index is 11.9. The van der Waals surface area contributed by atoms with E-state index in [1.165, 1.54) is 29.0 Å². The van der Waals surface area contributed by atoms with Crippen LogP contribution in [0.3, 0.4) is 0 Å². The Kier molecular flexibility index (Phi) is 3.05. The van der Waals surface area contributed by atoms with E-state index in [2.05, 4.69) is 10.3 Å². The van der Waals surface area contributed by atoms with Crippen molar-refractivity contribution in [2.24, 2.45) is 7.05 Å². The molecule has 0 spiro atoms. The van der Waals surface area contributed by atoms with Crippen molar-refractivity contribution in [3.8, 4) is 0 Å². The second kappa shape index (κ2) is 4.66. The highest BCUT2D eigenvalue weighted by molar-refractivity contribution is 6.03. The number of para-hydroxylation sites is 2. The van der Waals surface area contributed by atoms with Crippen molar-refractivity contribution in [2.75, 3.05) is 5.32 Å². The van der Waals surface area contributed by atoms with Crippen LogP contribution in [0.2, 0.25) is 0 Å². The van der Waals surface area contributed by atoms with E-state index >= 15 is 0 Å². The Bertz CT molecular complexity index is 606. The van der Waals surface area contributed by atoms with Crippen molar-refractivity contribution >= 4 is 17.3 Å². The van der Waals surface area contributed by atoms with Crippen molar-refractivity contribution in [3.05, 3.63) is 52.6 Å². The third-order valence-corrected chi connectivity index (χ3v) is 2.37. The third kappa shape index (κ3) is 2.19. The van der Waals surface area contributed by atoms with Crippen LogP contribution in [0.1, 0.15) is 10.6 Å². The second-order valence-electron chi connectivity index (χ2n) is 3.59. The molecule has 7 nitrogen and oxygen atoms in total. The molecule has 1 heterocycles. The first-order valence-corrected chi connectivity index (χ1v) is 5.11. The van der Waals surface area contributed by atoms with Gasteiger partial charge in [-0.1, -0.05) is 12.1 Å². The van der Waals surface area contributed by atoms with Crippen LogP contribution in [0, 0.1) is 10.1 Å². The molecule has 1 aromatic carbocycles. The van der Waals surface area contributed by atoms with E-state index in [0.717, 1.165) is 0 Å². The standard InChI is InChI=1S/C11H10N4O3/c1-14-7-6-12-10(14)11(16)13-8-4-2-3-5-9(8)15(17)18/h2-7H,1H3,(H,13,16). The smallest absolute Gasteiger partial charge is 0.292 e. The summed E-state index contributed by atoms with van der Waals surface area (Å²) >= 11 is 0. The van der Waals surface area contributed by atoms with Gasteiger partial charge in [0.25, 0.3) is 11.6 Å². The topological polar surface area (TPSA) is 90.1 Å². The molecular formula is C11H10N4O3. The van der Waals surface area contributed by atoms with Crippen LogP contribution in [-0.2, 0) is 7.05 Å². The summed E-state index contributed by atoms with van der Waals surface area (Å²) in [5.41, 5.74) is -0.00411. The maximum absolute atomic E-state index is 11.9. The molecule has 0 aliphatic carbocycles. The van der Waals surface area contributed by atoms with E-state index in [1.54, 1.807) is 19.3 Å². The molecule has 1 N–H and O–H groups in total. The predicted molar refractivity (Wildman–Crippen MR) is 64.3 cm³/mol. The van der Waals surface area contributed by atoms with E-state index < -0.39 is 10.8 Å². The molecule has 0 aliphatic rings. The average Bonchev–Trinajstić information content (AvgIpc) is 2.76. The highest BCUT2D eigenvalue weighted by Gasteiger charge is 2.17. The Morgan fingerprint density at radius 3 is 2.78 bits per heavy atom. The van der Waals surface area contributed by atoms with E-state index in [1.807, 2.05) is 0 Å². The predicted octanol–water partition coefficient (Wildman–Crippen LogP) is 1.58. The quantitative estimate of drug-likeness (QED) is 0.657. The fraction of sp³-hybridized carbons (Fsp3) is 0.0909. The van der Waals surface area contributed by atoms with Crippen LogP contribution >= 0.6 is 0 Å². The van der Waals surface area contributed by atoms with Crippen LogP contribution < -0.4 is 5.32 Å². The van der Waals surface area contributed by atoms with Gasteiger partial charge in [0.15, 0.2) is 5.82 Å². The molecule has 92 valence electrons. The van der Waals surface area contributed by atoms with Gasteiger partial charge in [-0.05, 0) is 6.07 Å². The normalized spacial score (nSPS) is 10.1. The summed E-state index contributed by atoms with van der Waals surface area (Å²) in [6, 6.07) is 5.95. The van der Waals surface area contributed by atoms with Crippen LogP contribution in [0.4, 0.5) is 11.4 Å². The number of amides is 1. The van der Waals surface area contributed by atoms with E-state index in [-0.39, 0.29) is 17.2 Å². The zero-order chi connectivity index (χ0) is 13.1. The lowest BCUT2D eigenvalue weighted by atomic mass is 10.2. The van der Waals surface area contributed by atoms with Crippen molar-refractivity contribution in [1.82, 2.24) is 9.55 Å². The molecule has 0 bridgehead atoms. The zero-order valence-corrected chi connectivity index (χ0v) is 9.53. The molecule has 7 heteroatoms. The summed E-state index contributed by atoms with van der Waals surface area (Å²) in [5, 5.41) is 13.3. The summed E-state index contributed by atoms with van der Waals surface area (Å²) in [5.74, 6) is -0.301. The Morgan fingerprint density at radius 1 is 1.44 bits per heavy atom. The van der Waals surface area contributed by atoms with Crippen LogP contribution in [0.5, 0.6) is 0 Å².